The number of hydrogen-bond donors (Lipinski definition) is 0. The topological polar surface area (TPSA) is 20.3 Å². The summed E-state index contributed by atoms with van der Waals surface area (Å²) in [6, 6.07) is 4.99. The predicted octanol–water partition coefficient (Wildman–Crippen LogP) is 3.68. The SMILES string of the molecule is CC.Cc1ccc(N2CCCCC2=O)c(F)c1. The van der Waals surface area contributed by atoms with Gasteiger partial charge in [0.15, 0.2) is 0 Å². The molecular weight excluding hydrogens is 217 g/mol. The van der Waals surface area contributed by atoms with Crippen LogP contribution in [0.3, 0.4) is 0 Å². The molecule has 1 saturated heterocycles. The number of anilines is 1. The van der Waals surface area contributed by atoms with Crippen LogP contribution in [0.5, 0.6) is 0 Å². The zero-order valence-corrected chi connectivity index (χ0v) is 10.8. The van der Waals surface area contributed by atoms with Crippen LogP contribution < -0.4 is 4.90 Å². The standard InChI is InChI=1S/C12H14FNO.C2H6/c1-9-5-6-11(10(13)8-9)14-7-3-2-4-12(14)15;1-2/h5-6,8H,2-4,7H2,1H3;1-2H3. The van der Waals surface area contributed by atoms with Crippen molar-refractivity contribution in [2.24, 2.45) is 0 Å². The van der Waals surface area contributed by atoms with Crippen LogP contribution in [0.2, 0.25) is 0 Å². The summed E-state index contributed by atoms with van der Waals surface area (Å²) in [4.78, 5) is 13.1. The van der Waals surface area contributed by atoms with Crippen molar-refractivity contribution in [3.05, 3.63) is 29.6 Å². The molecule has 0 saturated carbocycles. The van der Waals surface area contributed by atoms with Gasteiger partial charge in [0, 0.05) is 13.0 Å². The van der Waals surface area contributed by atoms with Crippen LogP contribution in [0, 0.1) is 12.7 Å². The quantitative estimate of drug-likeness (QED) is 0.729. The van der Waals surface area contributed by atoms with E-state index in [2.05, 4.69) is 0 Å². The van der Waals surface area contributed by atoms with Crippen molar-refractivity contribution >= 4 is 11.6 Å². The van der Waals surface area contributed by atoms with Gasteiger partial charge in [-0.2, -0.15) is 0 Å². The third-order valence-corrected chi connectivity index (χ3v) is 2.72. The summed E-state index contributed by atoms with van der Waals surface area (Å²) in [5.41, 5.74) is 1.30. The number of nitrogens with zero attached hydrogens (tertiary/aromatic N) is 1. The second kappa shape index (κ2) is 6.38. The molecule has 0 radical (unpaired) electrons. The summed E-state index contributed by atoms with van der Waals surface area (Å²) >= 11 is 0. The zero-order valence-electron chi connectivity index (χ0n) is 10.8. The van der Waals surface area contributed by atoms with Gasteiger partial charge < -0.3 is 4.90 Å². The average molecular weight is 237 g/mol. The fraction of sp³-hybridized carbons (Fsp3) is 0.500. The Bertz CT molecular complexity index is 390. The molecule has 0 unspecified atom stereocenters. The number of piperidine rings is 1. The molecule has 0 spiro atoms. The van der Waals surface area contributed by atoms with E-state index in [4.69, 9.17) is 0 Å². The van der Waals surface area contributed by atoms with Crippen molar-refractivity contribution in [3.63, 3.8) is 0 Å². The van der Waals surface area contributed by atoms with E-state index < -0.39 is 0 Å². The second-order valence-electron chi connectivity index (χ2n) is 3.96. The van der Waals surface area contributed by atoms with Crippen LogP contribution in [0.15, 0.2) is 18.2 Å². The number of hydrogen-bond acceptors (Lipinski definition) is 1. The minimum atomic E-state index is -0.301. The molecule has 3 heteroatoms. The van der Waals surface area contributed by atoms with Gasteiger partial charge in [0.1, 0.15) is 5.82 Å². The van der Waals surface area contributed by atoms with Gasteiger partial charge in [-0.3, -0.25) is 4.79 Å². The molecule has 1 fully saturated rings. The van der Waals surface area contributed by atoms with Gasteiger partial charge in [0.25, 0.3) is 0 Å². The number of carbonyl (C=O) groups excluding carboxylic acids is 1. The lowest BCUT2D eigenvalue weighted by molar-refractivity contribution is -0.119. The molecule has 1 aromatic carbocycles. The molecule has 1 heterocycles. The highest BCUT2D eigenvalue weighted by Gasteiger charge is 2.21. The Morgan fingerprint density at radius 1 is 1.24 bits per heavy atom. The van der Waals surface area contributed by atoms with Crippen LogP contribution in [0.25, 0.3) is 0 Å². The van der Waals surface area contributed by atoms with E-state index in [-0.39, 0.29) is 11.7 Å². The summed E-state index contributed by atoms with van der Waals surface area (Å²) in [6.07, 6.45) is 2.41. The normalized spacial score (nSPS) is 15.3. The van der Waals surface area contributed by atoms with Crippen LogP contribution >= 0.6 is 0 Å². The van der Waals surface area contributed by atoms with Gasteiger partial charge in [-0.25, -0.2) is 4.39 Å². The van der Waals surface area contributed by atoms with Gasteiger partial charge in [-0.15, -0.1) is 0 Å². The fourth-order valence-electron chi connectivity index (χ4n) is 1.89. The third-order valence-electron chi connectivity index (χ3n) is 2.72. The number of amides is 1. The van der Waals surface area contributed by atoms with Gasteiger partial charge in [-0.1, -0.05) is 19.9 Å². The van der Waals surface area contributed by atoms with E-state index in [1.807, 2.05) is 26.8 Å². The highest BCUT2D eigenvalue weighted by Crippen LogP contribution is 2.24. The van der Waals surface area contributed by atoms with E-state index in [0.29, 0.717) is 18.7 Å². The van der Waals surface area contributed by atoms with Gasteiger partial charge in [0.05, 0.1) is 5.69 Å². The molecule has 0 bridgehead atoms. The van der Waals surface area contributed by atoms with Crippen molar-refractivity contribution in [2.45, 2.75) is 40.0 Å². The Balaban J connectivity index is 0.000000686. The first-order valence-corrected chi connectivity index (χ1v) is 6.25. The summed E-state index contributed by atoms with van der Waals surface area (Å²) in [6.45, 7) is 6.48. The Labute approximate surface area is 102 Å². The lowest BCUT2D eigenvalue weighted by Crippen LogP contribution is -2.35. The first kappa shape index (κ1) is 13.7. The highest BCUT2D eigenvalue weighted by molar-refractivity contribution is 5.94. The summed E-state index contributed by atoms with van der Waals surface area (Å²) in [7, 11) is 0. The predicted molar refractivity (Wildman–Crippen MR) is 68.7 cm³/mol. The minimum absolute atomic E-state index is 0.0315. The molecule has 0 aliphatic carbocycles. The smallest absolute Gasteiger partial charge is 0.227 e. The van der Waals surface area contributed by atoms with Crippen LogP contribution in [0.4, 0.5) is 10.1 Å². The second-order valence-corrected chi connectivity index (χ2v) is 3.96. The molecule has 0 N–H and O–H groups in total. The Kier molecular flexibility index (Phi) is 5.13. The zero-order chi connectivity index (χ0) is 12.8. The van der Waals surface area contributed by atoms with Crippen LogP contribution in [-0.2, 0) is 4.79 Å². The molecule has 1 aromatic rings. The van der Waals surface area contributed by atoms with E-state index in [9.17, 15) is 9.18 Å². The monoisotopic (exact) mass is 237 g/mol. The first-order chi connectivity index (χ1) is 8.18. The van der Waals surface area contributed by atoms with E-state index in [1.165, 1.54) is 6.07 Å². The van der Waals surface area contributed by atoms with E-state index in [0.717, 1.165) is 18.4 Å². The molecule has 1 aliphatic heterocycles. The Hall–Kier alpha value is -1.38. The molecule has 2 nitrogen and oxygen atoms in total. The summed E-state index contributed by atoms with van der Waals surface area (Å²) in [5.74, 6) is -0.269. The maximum absolute atomic E-state index is 13.6. The number of benzene rings is 1. The van der Waals surface area contributed by atoms with Crippen molar-refractivity contribution in [3.8, 4) is 0 Å². The van der Waals surface area contributed by atoms with Gasteiger partial charge in [0.2, 0.25) is 5.91 Å². The van der Waals surface area contributed by atoms with E-state index >= 15 is 0 Å². The molecule has 0 aromatic heterocycles. The minimum Gasteiger partial charge on any atom is -0.310 e. The summed E-state index contributed by atoms with van der Waals surface area (Å²) in [5, 5.41) is 0. The lowest BCUT2D eigenvalue weighted by Gasteiger charge is -2.27. The Morgan fingerprint density at radius 3 is 2.53 bits per heavy atom. The van der Waals surface area contributed by atoms with Crippen LogP contribution in [0.1, 0.15) is 38.7 Å². The van der Waals surface area contributed by atoms with Crippen LogP contribution in [-0.4, -0.2) is 12.5 Å². The van der Waals surface area contributed by atoms with Crippen molar-refractivity contribution in [1.29, 1.82) is 0 Å². The Morgan fingerprint density at radius 2 is 1.94 bits per heavy atom. The lowest BCUT2D eigenvalue weighted by atomic mass is 10.1. The number of carbonyl (C=O) groups is 1. The molecule has 2 rings (SSSR count). The molecular formula is C14H20FNO. The number of aryl methyl sites for hydroxylation is 1. The largest absolute Gasteiger partial charge is 0.310 e. The third kappa shape index (κ3) is 3.29. The van der Waals surface area contributed by atoms with Crippen molar-refractivity contribution in [2.75, 3.05) is 11.4 Å². The van der Waals surface area contributed by atoms with Gasteiger partial charge in [-0.05, 0) is 37.5 Å². The molecule has 1 amide bonds. The highest BCUT2D eigenvalue weighted by atomic mass is 19.1. The van der Waals surface area contributed by atoms with Gasteiger partial charge >= 0.3 is 0 Å². The molecule has 0 atom stereocenters. The molecule has 94 valence electrons. The number of halogens is 1. The summed E-state index contributed by atoms with van der Waals surface area (Å²) < 4.78 is 13.6. The molecule has 17 heavy (non-hydrogen) atoms. The van der Waals surface area contributed by atoms with Crippen molar-refractivity contribution < 1.29 is 9.18 Å². The fourth-order valence-corrected chi connectivity index (χ4v) is 1.89. The van der Waals surface area contributed by atoms with Crippen molar-refractivity contribution in [1.82, 2.24) is 0 Å². The number of rotatable bonds is 1. The maximum Gasteiger partial charge on any atom is 0.227 e. The average Bonchev–Trinajstić information content (AvgIpc) is 2.33. The molecule has 1 aliphatic rings. The first-order valence-electron chi connectivity index (χ1n) is 6.25. The maximum atomic E-state index is 13.6. The van der Waals surface area contributed by atoms with E-state index in [1.54, 1.807) is 11.0 Å².